The van der Waals surface area contributed by atoms with E-state index in [1.807, 2.05) is 47.9 Å². The van der Waals surface area contributed by atoms with Crippen LogP contribution >= 0.6 is 0 Å². The summed E-state index contributed by atoms with van der Waals surface area (Å²) in [7, 11) is 3.26. The number of hydrogen-bond donors (Lipinski definition) is 1. The molecule has 3 aliphatic heterocycles. The van der Waals surface area contributed by atoms with Gasteiger partial charge < -0.3 is 9.64 Å². The number of benzene rings is 1. The number of urea groups is 1. The van der Waals surface area contributed by atoms with Crippen molar-refractivity contribution in [3.63, 3.8) is 0 Å². The molecule has 0 aliphatic carbocycles. The third-order valence-corrected chi connectivity index (χ3v) is 4.99. The fraction of sp³-hybridized carbons (Fsp3) is 0.353. The number of nitrogens with one attached hydrogen (secondary N) is 1. The van der Waals surface area contributed by atoms with Crippen molar-refractivity contribution in [1.29, 1.82) is 0 Å². The van der Waals surface area contributed by atoms with Crippen LogP contribution < -0.4 is 15.0 Å². The highest BCUT2D eigenvalue weighted by molar-refractivity contribution is 6.10. The van der Waals surface area contributed by atoms with Crippen molar-refractivity contribution >= 4 is 23.6 Å². The number of carbonyl (C=O) groups is 2. The van der Waals surface area contributed by atoms with Crippen molar-refractivity contribution in [3.05, 3.63) is 35.7 Å². The number of amides is 3. The van der Waals surface area contributed by atoms with Gasteiger partial charge in [-0.1, -0.05) is 12.1 Å². The van der Waals surface area contributed by atoms with Crippen LogP contribution in [0.15, 0.2) is 40.7 Å². The molecule has 1 fully saturated rings. The summed E-state index contributed by atoms with van der Waals surface area (Å²) in [5, 5.41) is 2.39. The lowest BCUT2D eigenvalue weighted by Crippen LogP contribution is -2.63. The summed E-state index contributed by atoms with van der Waals surface area (Å²) < 4.78 is 5.49. The predicted octanol–water partition coefficient (Wildman–Crippen LogP) is 1.31. The van der Waals surface area contributed by atoms with E-state index >= 15 is 0 Å². The van der Waals surface area contributed by atoms with Crippen molar-refractivity contribution in [2.75, 3.05) is 19.1 Å². The number of methoxy groups -OCH3 is 1. The van der Waals surface area contributed by atoms with Crippen LogP contribution in [-0.2, 0) is 4.79 Å². The molecule has 3 amide bonds. The normalized spacial score (nSPS) is 25.1. The van der Waals surface area contributed by atoms with E-state index in [1.54, 1.807) is 14.2 Å². The average molecular weight is 341 g/mol. The van der Waals surface area contributed by atoms with E-state index < -0.39 is 18.2 Å². The van der Waals surface area contributed by atoms with E-state index in [2.05, 4.69) is 5.32 Å². The minimum absolute atomic E-state index is 0.333. The van der Waals surface area contributed by atoms with Gasteiger partial charge in [-0.15, -0.1) is 0 Å². The van der Waals surface area contributed by atoms with Gasteiger partial charge in [-0.3, -0.25) is 19.9 Å². The Morgan fingerprint density at radius 1 is 1.16 bits per heavy atom. The van der Waals surface area contributed by atoms with Gasteiger partial charge in [0.25, 0.3) is 5.91 Å². The maximum Gasteiger partial charge on any atom is 0.325 e. The van der Waals surface area contributed by atoms with Crippen LogP contribution in [0.5, 0.6) is 5.75 Å². The maximum absolute atomic E-state index is 12.5. The van der Waals surface area contributed by atoms with Crippen LogP contribution in [0.1, 0.15) is 13.8 Å². The minimum Gasteiger partial charge on any atom is -0.495 e. The first-order chi connectivity index (χ1) is 12.0. The third-order valence-electron chi connectivity index (χ3n) is 4.99. The zero-order valence-electron chi connectivity index (χ0n) is 14.5. The number of fused-ring (bicyclic) bond motifs is 3. The van der Waals surface area contributed by atoms with Gasteiger partial charge >= 0.3 is 6.03 Å². The van der Waals surface area contributed by atoms with Crippen molar-refractivity contribution in [1.82, 2.24) is 15.1 Å². The number of likely N-dealkylation sites (N-methyl/N-ethyl adjacent to an activating group) is 1. The Morgan fingerprint density at radius 3 is 2.60 bits per heavy atom. The standard InChI is InChI=1S/C17H19N5O3/c1-9-10(2)22-13-14(20(3)17(24)19-15(13)23)18-16(22)21(9)11-7-5-6-8-12(11)25-4/h5-8,13-14H,1-4H3,(H,19,23,24). The second-order valence-corrected chi connectivity index (χ2v) is 6.24. The highest BCUT2D eigenvalue weighted by Gasteiger charge is 2.53. The van der Waals surface area contributed by atoms with Crippen molar-refractivity contribution in [2.24, 2.45) is 4.99 Å². The number of hydrogen-bond acceptors (Lipinski definition) is 6. The number of ether oxygens (including phenoxy) is 1. The molecule has 2 atom stereocenters. The highest BCUT2D eigenvalue weighted by atomic mass is 16.5. The molecule has 0 bridgehead atoms. The quantitative estimate of drug-likeness (QED) is 0.878. The molecule has 0 aromatic heterocycles. The van der Waals surface area contributed by atoms with E-state index in [0.29, 0.717) is 11.7 Å². The van der Waals surface area contributed by atoms with Crippen molar-refractivity contribution < 1.29 is 14.3 Å². The molecular formula is C17H19N5O3. The Hall–Kier alpha value is -3.03. The molecule has 0 saturated carbocycles. The number of guanidine groups is 1. The summed E-state index contributed by atoms with van der Waals surface area (Å²) in [5.41, 5.74) is 2.74. The van der Waals surface area contributed by atoms with Gasteiger partial charge in [0.2, 0.25) is 5.96 Å². The first-order valence-electron chi connectivity index (χ1n) is 8.01. The summed E-state index contributed by atoms with van der Waals surface area (Å²) in [6.45, 7) is 3.93. The van der Waals surface area contributed by atoms with Crippen molar-refractivity contribution in [2.45, 2.75) is 26.1 Å². The lowest BCUT2D eigenvalue weighted by Gasteiger charge is -2.35. The van der Waals surface area contributed by atoms with Gasteiger partial charge in [-0.2, -0.15) is 0 Å². The zero-order valence-corrected chi connectivity index (χ0v) is 14.5. The van der Waals surface area contributed by atoms with Gasteiger partial charge in [0.15, 0.2) is 12.2 Å². The van der Waals surface area contributed by atoms with Gasteiger partial charge in [0.1, 0.15) is 5.75 Å². The molecule has 8 nitrogen and oxygen atoms in total. The fourth-order valence-corrected chi connectivity index (χ4v) is 3.56. The molecule has 4 rings (SSSR count). The van der Waals surface area contributed by atoms with E-state index in [9.17, 15) is 9.59 Å². The monoisotopic (exact) mass is 341 g/mol. The van der Waals surface area contributed by atoms with Crippen LogP contribution in [0, 0.1) is 0 Å². The van der Waals surface area contributed by atoms with Gasteiger partial charge in [-0.05, 0) is 26.0 Å². The number of nitrogens with zero attached hydrogens (tertiary/aromatic N) is 4. The number of carbonyl (C=O) groups excluding carboxylic acids is 2. The SMILES string of the molecule is COc1ccccc1N1C2=NC3C(C(=O)NC(=O)N3C)N2C(C)=C1C. The Bertz CT molecular complexity index is 846. The molecule has 8 heteroatoms. The number of imide groups is 1. The first-order valence-corrected chi connectivity index (χ1v) is 8.01. The summed E-state index contributed by atoms with van der Waals surface area (Å²) in [6.07, 6.45) is -0.545. The van der Waals surface area contributed by atoms with Crippen LogP contribution in [0.25, 0.3) is 0 Å². The fourth-order valence-electron chi connectivity index (χ4n) is 3.56. The maximum atomic E-state index is 12.5. The molecule has 0 spiro atoms. The molecule has 1 aromatic carbocycles. The van der Waals surface area contributed by atoms with Crippen LogP contribution in [0.3, 0.4) is 0 Å². The Kier molecular flexibility index (Phi) is 3.24. The largest absolute Gasteiger partial charge is 0.495 e. The van der Waals surface area contributed by atoms with Gasteiger partial charge in [-0.25, -0.2) is 9.79 Å². The van der Waals surface area contributed by atoms with E-state index in [1.165, 1.54) is 4.90 Å². The number of anilines is 1. The Morgan fingerprint density at radius 2 is 1.88 bits per heavy atom. The molecule has 2 unspecified atom stereocenters. The van der Waals surface area contributed by atoms with Crippen LogP contribution in [-0.4, -0.2) is 54.1 Å². The Labute approximate surface area is 145 Å². The molecule has 1 N–H and O–H groups in total. The highest BCUT2D eigenvalue weighted by Crippen LogP contribution is 2.41. The molecule has 3 heterocycles. The molecule has 1 saturated heterocycles. The number of allylic oxidation sites excluding steroid dienone is 2. The van der Waals surface area contributed by atoms with Crippen LogP contribution in [0.2, 0.25) is 0 Å². The lowest BCUT2D eigenvalue weighted by molar-refractivity contribution is -0.126. The molecule has 130 valence electrons. The first kappa shape index (κ1) is 15.5. The Balaban J connectivity index is 1.84. The zero-order chi connectivity index (χ0) is 17.9. The smallest absolute Gasteiger partial charge is 0.325 e. The van der Waals surface area contributed by atoms with Crippen LogP contribution in [0.4, 0.5) is 10.5 Å². The molecule has 0 radical (unpaired) electrons. The summed E-state index contributed by atoms with van der Waals surface area (Å²) in [4.78, 5) is 34.4. The third kappa shape index (κ3) is 1.97. The van der Waals surface area contributed by atoms with Gasteiger partial charge in [0, 0.05) is 18.4 Å². The second kappa shape index (κ2) is 5.23. The summed E-state index contributed by atoms with van der Waals surface area (Å²) >= 11 is 0. The number of aliphatic imine (C=N–C) groups is 1. The lowest BCUT2D eigenvalue weighted by atomic mass is 10.1. The van der Waals surface area contributed by atoms with E-state index in [0.717, 1.165) is 17.1 Å². The predicted molar refractivity (Wildman–Crippen MR) is 92.0 cm³/mol. The molecular weight excluding hydrogens is 322 g/mol. The van der Waals surface area contributed by atoms with Gasteiger partial charge in [0.05, 0.1) is 12.8 Å². The average Bonchev–Trinajstić information content (AvgIpc) is 3.10. The molecule has 1 aromatic rings. The number of rotatable bonds is 2. The molecule has 25 heavy (non-hydrogen) atoms. The van der Waals surface area contributed by atoms with Crippen molar-refractivity contribution in [3.8, 4) is 5.75 Å². The number of para-hydroxylation sites is 2. The topological polar surface area (TPSA) is 77.5 Å². The van der Waals surface area contributed by atoms with E-state index in [-0.39, 0.29) is 5.91 Å². The van der Waals surface area contributed by atoms with E-state index in [4.69, 9.17) is 9.73 Å². The summed E-state index contributed by atoms with van der Waals surface area (Å²) in [6, 6.07) is 6.65. The minimum atomic E-state index is -0.563. The second-order valence-electron chi connectivity index (χ2n) is 6.24. The molecule has 3 aliphatic rings. The summed E-state index contributed by atoms with van der Waals surface area (Å²) in [5.74, 6) is 1.01.